The summed E-state index contributed by atoms with van der Waals surface area (Å²) >= 11 is 9.92. The first kappa shape index (κ1) is 23.0. The topological polar surface area (TPSA) is 0 Å². The Hall–Kier alpha value is -0.160. The van der Waals surface area contributed by atoms with Crippen molar-refractivity contribution in [2.24, 2.45) is 0 Å². The van der Waals surface area contributed by atoms with Crippen molar-refractivity contribution in [2.75, 3.05) is 11.9 Å². The first-order valence-electron chi connectivity index (χ1n) is 9.96. The number of hydrogen-bond donors (Lipinski definition) is 0. The number of thioether (sulfide) groups is 5. The van der Waals surface area contributed by atoms with Gasteiger partial charge in [0.05, 0.1) is 12.7 Å². The fourth-order valence-corrected chi connectivity index (χ4v) is 12.6. The number of allylic oxidation sites excluding steroid dienone is 3. The summed E-state index contributed by atoms with van der Waals surface area (Å²) in [5, 5.41) is 2.98. The number of rotatable bonds is 7. The molecule has 0 spiro atoms. The Morgan fingerprint density at radius 3 is 1.73 bits per heavy atom. The quantitative estimate of drug-likeness (QED) is 0.272. The summed E-state index contributed by atoms with van der Waals surface area (Å²) in [6, 6.07) is 22.1. The van der Waals surface area contributed by atoms with E-state index in [-0.39, 0.29) is 7.92 Å². The normalized spacial score (nSPS) is 17.1. The molecular formula is C24H25PS5. The number of hydrogen-bond acceptors (Lipinski definition) is 5. The molecule has 0 saturated carbocycles. The van der Waals surface area contributed by atoms with Crippen molar-refractivity contribution in [3.05, 3.63) is 88.1 Å². The lowest BCUT2D eigenvalue weighted by atomic mass is 10.4. The molecule has 156 valence electrons. The van der Waals surface area contributed by atoms with E-state index in [0.29, 0.717) is 0 Å². The first-order chi connectivity index (χ1) is 14.6. The van der Waals surface area contributed by atoms with Gasteiger partial charge in [0.15, 0.2) is 0 Å². The van der Waals surface area contributed by atoms with Crippen LogP contribution in [-0.2, 0) is 0 Å². The Bertz CT molecular complexity index is 924. The second-order valence-electron chi connectivity index (χ2n) is 6.96. The van der Waals surface area contributed by atoms with Crippen molar-refractivity contribution >= 4 is 77.3 Å². The highest BCUT2D eigenvalue weighted by Crippen LogP contribution is 2.61. The van der Waals surface area contributed by atoms with Crippen LogP contribution in [0.2, 0.25) is 0 Å². The van der Waals surface area contributed by atoms with Gasteiger partial charge in [0.1, 0.15) is 0 Å². The summed E-state index contributed by atoms with van der Waals surface area (Å²) in [5.41, 5.74) is 0. The smallest absolute Gasteiger partial charge is 0.0708 e. The monoisotopic (exact) mass is 504 g/mol. The van der Waals surface area contributed by atoms with Gasteiger partial charge in [-0.15, -0.1) is 11.8 Å². The molecule has 0 amide bonds. The van der Waals surface area contributed by atoms with Gasteiger partial charge in [-0.25, -0.2) is 0 Å². The van der Waals surface area contributed by atoms with Gasteiger partial charge in [-0.2, -0.15) is 0 Å². The van der Waals surface area contributed by atoms with E-state index in [2.05, 4.69) is 93.2 Å². The van der Waals surface area contributed by atoms with Crippen LogP contribution < -0.4 is 10.6 Å². The summed E-state index contributed by atoms with van der Waals surface area (Å²) in [6.45, 7) is 6.75. The fourth-order valence-electron chi connectivity index (χ4n) is 3.11. The van der Waals surface area contributed by atoms with Crippen molar-refractivity contribution in [3.63, 3.8) is 0 Å². The van der Waals surface area contributed by atoms with Crippen LogP contribution >= 0.6 is 66.7 Å². The van der Waals surface area contributed by atoms with Crippen LogP contribution in [0.5, 0.6) is 0 Å². The lowest BCUT2D eigenvalue weighted by Gasteiger charge is -2.18. The second-order valence-corrected chi connectivity index (χ2v) is 15.9. The predicted octanol–water partition coefficient (Wildman–Crippen LogP) is 8.77. The molecule has 0 N–H and O–H groups in total. The molecule has 2 aromatic carbocycles. The molecule has 0 radical (unpaired) electrons. The molecule has 0 unspecified atom stereocenters. The zero-order valence-corrected chi connectivity index (χ0v) is 22.4. The molecule has 0 aliphatic carbocycles. The third kappa shape index (κ3) is 5.79. The minimum absolute atomic E-state index is 0.275. The molecule has 0 atom stereocenters. The molecule has 0 saturated heterocycles. The Morgan fingerprint density at radius 1 is 0.667 bits per heavy atom. The summed E-state index contributed by atoms with van der Waals surface area (Å²) in [6.07, 6.45) is 2.50. The van der Waals surface area contributed by atoms with Gasteiger partial charge < -0.3 is 0 Å². The third-order valence-electron chi connectivity index (χ3n) is 4.77. The van der Waals surface area contributed by atoms with E-state index in [1.54, 1.807) is 0 Å². The zero-order chi connectivity index (χ0) is 20.9. The zero-order valence-electron chi connectivity index (χ0n) is 17.4. The SMILES string of the molecule is CC1=C(C)SC(=C2SC(C)=C(SCCCP(c3ccccc3)c3ccccc3)S2)S1. The Kier molecular flexibility index (Phi) is 8.53. The van der Waals surface area contributed by atoms with Crippen molar-refractivity contribution in [1.29, 1.82) is 0 Å². The van der Waals surface area contributed by atoms with Crippen LogP contribution in [0.1, 0.15) is 27.2 Å². The molecule has 2 heterocycles. The average Bonchev–Trinajstić information content (AvgIpc) is 3.31. The Labute approximate surface area is 203 Å². The molecule has 0 nitrogen and oxygen atoms in total. The van der Waals surface area contributed by atoms with Gasteiger partial charge >= 0.3 is 0 Å². The van der Waals surface area contributed by atoms with Crippen LogP contribution in [0, 0.1) is 0 Å². The van der Waals surface area contributed by atoms with Gasteiger partial charge in [0.25, 0.3) is 0 Å². The maximum atomic E-state index is 2.30. The molecule has 0 aromatic heterocycles. The predicted molar refractivity (Wildman–Crippen MR) is 149 cm³/mol. The van der Waals surface area contributed by atoms with E-state index in [1.165, 1.54) is 56.4 Å². The van der Waals surface area contributed by atoms with Crippen LogP contribution in [-0.4, -0.2) is 11.9 Å². The van der Waals surface area contributed by atoms with E-state index in [0.717, 1.165) is 0 Å². The van der Waals surface area contributed by atoms with Gasteiger partial charge in [0.2, 0.25) is 0 Å². The Morgan fingerprint density at radius 2 is 1.17 bits per heavy atom. The molecule has 0 fully saturated rings. The second kappa shape index (κ2) is 11.1. The van der Waals surface area contributed by atoms with Gasteiger partial charge in [-0.3, -0.25) is 0 Å². The number of benzene rings is 2. The lowest BCUT2D eigenvalue weighted by Crippen LogP contribution is -2.14. The first-order valence-corrected chi connectivity index (χ1v) is 15.7. The van der Waals surface area contributed by atoms with Gasteiger partial charge in [-0.05, 0) is 67.4 Å². The van der Waals surface area contributed by atoms with E-state index in [9.17, 15) is 0 Å². The highest BCUT2D eigenvalue weighted by Gasteiger charge is 2.26. The van der Waals surface area contributed by atoms with Crippen molar-refractivity contribution in [2.45, 2.75) is 27.2 Å². The van der Waals surface area contributed by atoms with E-state index < -0.39 is 0 Å². The van der Waals surface area contributed by atoms with Crippen molar-refractivity contribution < 1.29 is 0 Å². The molecule has 2 aliphatic heterocycles. The average molecular weight is 505 g/mol. The minimum atomic E-state index is -0.275. The van der Waals surface area contributed by atoms with Crippen LogP contribution in [0.25, 0.3) is 0 Å². The minimum Gasteiger partial charge on any atom is -0.118 e. The molecule has 2 aromatic rings. The fraction of sp³-hybridized carbons (Fsp3) is 0.250. The van der Waals surface area contributed by atoms with Crippen LogP contribution in [0.15, 0.2) is 88.1 Å². The molecule has 30 heavy (non-hydrogen) atoms. The van der Waals surface area contributed by atoms with E-state index in [1.807, 2.05) is 47.0 Å². The third-order valence-corrected chi connectivity index (χ3v) is 14.7. The van der Waals surface area contributed by atoms with Gasteiger partial charge in [0, 0.05) is 4.91 Å². The van der Waals surface area contributed by atoms with Crippen molar-refractivity contribution in [3.8, 4) is 0 Å². The lowest BCUT2D eigenvalue weighted by molar-refractivity contribution is 1.12. The summed E-state index contributed by atoms with van der Waals surface area (Å²) in [7, 11) is -0.275. The highest BCUT2D eigenvalue weighted by molar-refractivity contribution is 8.38. The van der Waals surface area contributed by atoms with Crippen LogP contribution in [0.4, 0.5) is 0 Å². The molecule has 6 heteroatoms. The molecular weight excluding hydrogens is 480 g/mol. The maximum Gasteiger partial charge on any atom is 0.0708 e. The molecule has 4 rings (SSSR count). The van der Waals surface area contributed by atoms with Crippen molar-refractivity contribution in [1.82, 2.24) is 0 Å². The highest BCUT2D eigenvalue weighted by atomic mass is 32.2. The summed E-state index contributed by atoms with van der Waals surface area (Å²) in [5.74, 6) is 1.19. The largest absolute Gasteiger partial charge is 0.118 e. The Balaban J connectivity index is 1.34. The van der Waals surface area contributed by atoms with Crippen LogP contribution in [0.3, 0.4) is 0 Å². The van der Waals surface area contributed by atoms with Gasteiger partial charge in [-0.1, -0.05) is 108 Å². The van der Waals surface area contributed by atoms with E-state index in [4.69, 9.17) is 0 Å². The van der Waals surface area contributed by atoms with E-state index >= 15 is 0 Å². The maximum absolute atomic E-state index is 2.30. The molecule has 2 aliphatic rings. The summed E-state index contributed by atoms with van der Waals surface area (Å²) in [4.78, 5) is 4.39. The summed E-state index contributed by atoms with van der Waals surface area (Å²) < 4.78 is 4.47. The standard InChI is InChI=1S/C24H25PS5/c1-17-18(2)28-23(27-17)24-29-19(3)22(30-24)26-16-10-15-25(20-11-6-4-7-12-20)21-13-8-5-9-14-21/h4-9,11-14H,10,15-16H2,1-3H3. The molecule has 0 bridgehead atoms.